The minimum atomic E-state index is 0.120. The van der Waals surface area contributed by atoms with Crippen LogP contribution in [0, 0.1) is 6.92 Å². The Morgan fingerprint density at radius 3 is 2.69 bits per heavy atom. The van der Waals surface area contributed by atoms with E-state index in [4.69, 9.17) is 4.98 Å². The third kappa shape index (κ3) is 3.00. The van der Waals surface area contributed by atoms with Crippen molar-refractivity contribution < 1.29 is 4.79 Å². The molecule has 0 radical (unpaired) electrons. The summed E-state index contributed by atoms with van der Waals surface area (Å²) in [5.41, 5.74) is 4.93. The number of nitrogens with one attached hydrogen (secondary N) is 1. The van der Waals surface area contributed by atoms with E-state index in [2.05, 4.69) is 53.2 Å². The molecule has 5 heteroatoms. The maximum absolute atomic E-state index is 12.2. The molecule has 2 saturated heterocycles. The molecular formula is C21H28N4O. The molecule has 2 amide bonds. The number of hydrogen-bond donors (Lipinski definition) is 1. The summed E-state index contributed by atoms with van der Waals surface area (Å²) in [5, 5.41) is 4.24. The van der Waals surface area contributed by atoms with Gasteiger partial charge in [-0.05, 0) is 44.2 Å². The largest absolute Gasteiger partial charge is 0.371 e. The lowest BCUT2D eigenvalue weighted by Crippen LogP contribution is -2.54. The third-order valence-corrected chi connectivity index (χ3v) is 5.86. The van der Waals surface area contributed by atoms with Crippen LogP contribution in [0.4, 0.5) is 10.5 Å². The monoisotopic (exact) mass is 352 g/mol. The Morgan fingerprint density at radius 1 is 1.19 bits per heavy atom. The summed E-state index contributed by atoms with van der Waals surface area (Å²) < 4.78 is 0. The van der Waals surface area contributed by atoms with Crippen LogP contribution in [0.5, 0.6) is 0 Å². The van der Waals surface area contributed by atoms with Crippen molar-refractivity contribution in [2.24, 2.45) is 0 Å². The number of carbonyl (C=O) groups is 1. The second kappa shape index (κ2) is 7.14. The lowest BCUT2D eigenvalue weighted by Gasteiger charge is -2.41. The molecule has 2 aliphatic rings. The number of nitrogens with zero attached hydrogens (tertiary/aromatic N) is 3. The van der Waals surface area contributed by atoms with Crippen LogP contribution in [0.3, 0.4) is 0 Å². The van der Waals surface area contributed by atoms with E-state index in [0.29, 0.717) is 6.04 Å². The van der Waals surface area contributed by atoms with E-state index in [-0.39, 0.29) is 6.03 Å². The fraction of sp³-hybridized carbons (Fsp3) is 0.524. The standard InChI is InChI=1S/C21H28N4O/c1-3-17-15(2)23-19-8-5-4-7-18(19)20(17)24-13-9-16(10-14-24)25-12-6-11-22-21(25)26/h4-5,7-8,16H,3,6,9-14H2,1-2H3,(H,22,26). The molecule has 138 valence electrons. The number of amides is 2. The normalized spacial score (nSPS) is 19.1. The van der Waals surface area contributed by atoms with Gasteiger partial charge in [-0.15, -0.1) is 0 Å². The van der Waals surface area contributed by atoms with Gasteiger partial charge in [-0.25, -0.2) is 4.79 Å². The van der Waals surface area contributed by atoms with Crippen LogP contribution >= 0.6 is 0 Å². The number of para-hydroxylation sites is 1. The van der Waals surface area contributed by atoms with E-state index in [1.54, 1.807) is 0 Å². The zero-order valence-corrected chi connectivity index (χ0v) is 15.8. The van der Waals surface area contributed by atoms with Crippen molar-refractivity contribution in [1.29, 1.82) is 0 Å². The zero-order valence-electron chi connectivity index (χ0n) is 15.8. The first-order valence-electron chi connectivity index (χ1n) is 9.86. The number of hydrogen-bond acceptors (Lipinski definition) is 3. The molecule has 1 aromatic carbocycles. The van der Waals surface area contributed by atoms with E-state index >= 15 is 0 Å². The Balaban J connectivity index is 1.60. The first-order chi connectivity index (χ1) is 12.7. The van der Waals surface area contributed by atoms with Crippen molar-refractivity contribution in [2.45, 2.75) is 45.6 Å². The zero-order chi connectivity index (χ0) is 18.1. The number of rotatable bonds is 3. The number of aryl methyl sites for hydroxylation is 1. The van der Waals surface area contributed by atoms with Gasteiger partial charge in [0.25, 0.3) is 0 Å². The van der Waals surface area contributed by atoms with Crippen molar-refractivity contribution in [3.63, 3.8) is 0 Å². The van der Waals surface area contributed by atoms with Crippen LogP contribution in [0.25, 0.3) is 10.9 Å². The summed E-state index contributed by atoms with van der Waals surface area (Å²) in [4.78, 5) is 21.5. The molecule has 0 saturated carbocycles. The number of piperidine rings is 1. The van der Waals surface area contributed by atoms with Crippen LogP contribution in [-0.2, 0) is 6.42 Å². The molecule has 3 heterocycles. The fourth-order valence-electron chi connectivity index (χ4n) is 4.54. The number of benzene rings is 1. The predicted octanol–water partition coefficient (Wildman–Crippen LogP) is 3.49. The Kier molecular flexibility index (Phi) is 4.70. The highest BCUT2D eigenvalue weighted by molar-refractivity contribution is 5.94. The molecule has 2 aromatic rings. The van der Waals surface area contributed by atoms with E-state index < -0.39 is 0 Å². The highest BCUT2D eigenvalue weighted by atomic mass is 16.2. The molecule has 0 atom stereocenters. The number of aromatic nitrogens is 1. The number of carbonyl (C=O) groups excluding carboxylic acids is 1. The predicted molar refractivity (Wildman–Crippen MR) is 106 cm³/mol. The van der Waals surface area contributed by atoms with Crippen molar-refractivity contribution in [1.82, 2.24) is 15.2 Å². The van der Waals surface area contributed by atoms with Gasteiger partial charge in [0.2, 0.25) is 0 Å². The fourth-order valence-corrected chi connectivity index (χ4v) is 4.54. The molecular weight excluding hydrogens is 324 g/mol. The number of anilines is 1. The van der Waals surface area contributed by atoms with Crippen LogP contribution in [0.2, 0.25) is 0 Å². The summed E-state index contributed by atoms with van der Waals surface area (Å²) in [7, 11) is 0. The average Bonchev–Trinajstić information content (AvgIpc) is 2.67. The second-order valence-electron chi connectivity index (χ2n) is 7.39. The quantitative estimate of drug-likeness (QED) is 0.920. The lowest BCUT2D eigenvalue weighted by molar-refractivity contribution is 0.149. The van der Waals surface area contributed by atoms with Crippen LogP contribution in [0.15, 0.2) is 24.3 Å². The van der Waals surface area contributed by atoms with Gasteiger partial charge in [0.15, 0.2) is 0 Å². The SMILES string of the molecule is CCc1c(C)nc2ccccc2c1N1CCC(N2CCCNC2=O)CC1. The Labute approximate surface area is 155 Å². The first-order valence-corrected chi connectivity index (χ1v) is 9.86. The van der Waals surface area contributed by atoms with E-state index in [1.807, 2.05) is 0 Å². The van der Waals surface area contributed by atoms with Gasteiger partial charge in [-0.2, -0.15) is 0 Å². The molecule has 0 aliphatic carbocycles. The Bertz CT molecular complexity index is 811. The average molecular weight is 352 g/mol. The highest BCUT2D eigenvalue weighted by Gasteiger charge is 2.30. The van der Waals surface area contributed by atoms with Gasteiger partial charge in [-0.1, -0.05) is 25.1 Å². The van der Waals surface area contributed by atoms with Crippen LogP contribution in [0.1, 0.15) is 37.4 Å². The number of urea groups is 1. The molecule has 4 rings (SSSR count). The molecule has 2 fully saturated rings. The number of pyridine rings is 1. The molecule has 26 heavy (non-hydrogen) atoms. The summed E-state index contributed by atoms with van der Waals surface area (Å²) in [5.74, 6) is 0. The van der Waals surface area contributed by atoms with Crippen LogP contribution in [-0.4, -0.2) is 48.1 Å². The summed E-state index contributed by atoms with van der Waals surface area (Å²) >= 11 is 0. The highest BCUT2D eigenvalue weighted by Crippen LogP contribution is 2.34. The lowest BCUT2D eigenvalue weighted by atomic mass is 9.98. The Hall–Kier alpha value is -2.30. The molecule has 5 nitrogen and oxygen atoms in total. The van der Waals surface area contributed by atoms with Gasteiger partial charge in [0.1, 0.15) is 0 Å². The second-order valence-corrected chi connectivity index (χ2v) is 7.39. The molecule has 2 aliphatic heterocycles. The third-order valence-electron chi connectivity index (χ3n) is 5.86. The first kappa shape index (κ1) is 17.1. The van der Waals surface area contributed by atoms with Gasteiger partial charge in [0.05, 0.1) is 11.2 Å². The van der Waals surface area contributed by atoms with E-state index in [1.165, 1.54) is 16.6 Å². The van der Waals surface area contributed by atoms with Crippen molar-refractivity contribution in [2.75, 3.05) is 31.1 Å². The molecule has 1 N–H and O–H groups in total. The van der Waals surface area contributed by atoms with Gasteiger partial charge in [0, 0.05) is 43.3 Å². The minimum absolute atomic E-state index is 0.120. The summed E-state index contributed by atoms with van der Waals surface area (Å²) in [6.07, 6.45) is 4.12. The van der Waals surface area contributed by atoms with Crippen molar-refractivity contribution >= 4 is 22.6 Å². The van der Waals surface area contributed by atoms with E-state index in [9.17, 15) is 4.79 Å². The van der Waals surface area contributed by atoms with Crippen molar-refractivity contribution in [3.8, 4) is 0 Å². The smallest absolute Gasteiger partial charge is 0.317 e. The maximum atomic E-state index is 12.2. The molecule has 0 unspecified atom stereocenters. The van der Waals surface area contributed by atoms with Crippen LogP contribution < -0.4 is 10.2 Å². The summed E-state index contributed by atoms with van der Waals surface area (Å²) in [6, 6.07) is 8.95. The van der Waals surface area contributed by atoms with Gasteiger partial charge < -0.3 is 15.1 Å². The van der Waals surface area contributed by atoms with Gasteiger partial charge in [-0.3, -0.25) is 4.98 Å². The minimum Gasteiger partial charge on any atom is -0.371 e. The van der Waals surface area contributed by atoms with Gasteiger partial charge >= 0.3 is 6.03 Å². The molecule has 1 aromatic heterocycles. The van der Waals surface area contributed by atoms with Crippen molar-refractivity contribution in [3.05, 3.63) is 35.5 Å². The summed E-state index contributed by atoms with van der Waals surface area (Å²) in [6.45, 7) is 8.04. The topological polar surface area (TPSA) is 48.5 Å². The molecule has 0 bridgehead atoms. The number of fused-ring (bicyclic) bond motifs is 1. The Morgan fingerprint density at radius 2 is 1.96 bits per heavy atom. The maximum Gasteiger partial charge on any atom is 0.317 e. The molecule has 0 spiro atoms. The van der Waals surface area contributed by atoms with E-state index in [0.717, 1.165) is 63.1 Å².